The molecule has 0 spiro atoms. The van der Waals surface area contributed by atoms with Gasteiger partial charge >= 0.3 is 12.0 Å². The summed E-state index contributed by atoms with van der Waals surface area (Å²) in [5.41, 5.74) is 0.704. The molecule has 0 aromatic heterocycles. The van der Waals surface area contributed by atoms with Crippen LogP contribution < -0.4 is 4.90 Å². The van der Waals surface area contributed by atoms with Gasteiger partial charge < -0.3 is 4.74 Å². The van der Waals surface area contributed by atoms with Gasteiger partial charge in [0.05, 0.1) is 7.11 Å². The van der Waals surface area contributed by atoms with Crippen LogP contribution in [0, 0.1) is 0 Å². The molecule has 0 radical (unpaired) electrons. The number of esters is 1. The van der Waals surface area contributed by atoms with Crippen LogP contribution >= 0.6 is 0 Å². The topological polar surface area (TPSA) is 66.9 Å². The van der Waals surface area contributed by atoms with Crippen LogP contribution in [0.5, 0.6) is 0 Å². The molecular weight excluding hydrogens is 248 g/mol. The number of hydrogen-bond donors (Lipinski definition) is 0. The molecule has 6 nitrogen and oxygen atoms in total. The van der Waals surface area contributed by atoms with Gasteiger partial charge in [-0.2, -0.15) is 0 Å². The first kappa shape index (κ1) is 13.1. The summed E-state index contributed by atoms with van der Waals surface area (Å²) in [4.78, 5) is 37.5. The summed E-state index contributed by atoms with van der Waals surface area (Å²) in [6.07, 6.45) is 0.192. The average Bonchev–Trinajstić information content (AvgIpc) is 2.44. The second-order valence-corrected chi connectivity index (χ2v) is 4.08. The van der Waals surface area contributed by atoms with Crippen LogP contribution in [-0.4, -0.2) is 43.0 Å². The highest BCUT2D eigenvalue weighted by molar-refractivity contribution is 6.07. The zero-order valence-corrected chi connectivity index (χ0v) is 10.5. The molecule has 0 atom stereocenters. The Kier molecular flexibility index (Phi) is 3.79. The van der Waals surface area contributed by atoms with E-state index in [-0.39, 0.29) is 18.9 Å². The van der Waals surface area contributed by atoms with Gasteiger partial charge in [0.1, 0.15) is 6.54 Å². The van der Waals surface area contributed by atoms with E-state index in [1.807, 2.05) is 18.2 Å². The van der Waals surface area contributed by atoms with Gasteiger partial charge in [0.2, 0.25) is 5.91 Å². The third kappa shape index (κ3) is 2.73. The Morgan fingerprint density at radius 1 is 1.26 bits per heavy atom. The molecule has 0 saturated carbocycles. The van der Waals surface area contributed by atoms with E-state index in [2.05, 4.69) is 4.74 Å². The first-order chi connectivity index (χ1) is 9.13. The van der Waals surface area contributed by atoms with Crippen molar-refractivity contribution in [3.8, 4) is 0 Å². The van der Waals surface area contributed by atoms with Crippen LogP contribution in [-0.2, 0) is 14.3 Å². The Balaban J connectivity index is 2.19. The van der Waals surface area contributed by atoms with Crippen LogP contribution in [0.4, 0.5) is 10.5 Å². The summed E-state index contributed by atoms with van der Waals surface area (Å²) in [6, 6.07) is 8.53. The number of methoxy groups -OCH3 is 1. The number of carbonyl (C=O) groups is 3. The predicted molar refractivity (Wildman–Crippen MR) is 67.5 cm³/mol. The second-order valence-electron chi connectivity index (χ2n) is 4.08. The highest BCUT2D eigenvalue weighted by Gasteiger charge is 2.34. The molecule has 1 fully saturated rings. The van der Waals surface area contributed by atoms with Gasteiger partial charge in [-0.15, -0.1) is 0 Å². The van der Waals surface area contributed by atoms with Gasteiger partial charge in [0.25, 0.3) is 0 Å². The molecule has 6 heteroatoms. The average molecular weight is 262 g/mol. The monoisotopic (exact) mass is 262 g/mol. The van der Waals surface area contributed by atoms with Crippen molar-refractivity contribution in [2.24, 2.45) is 0 Å². The zero-order chi connectivity index (χ0) is 13.8. The molecule has 1 aromatic rings. The minimum atomic E-state index is -0.614. The van der Waals surface area contributed by atoms with Crippen LogP contribution in [0.15, 0.2) is 30.3 Å². The predicted octanol–water partition coefficient (Wildman–Crippen LogP) is 1.02. The van der Waals surface area contributed by atoms with Crippen molar-refractivity contribution >= 4 is 23.6 Å². The third-order valence-corrected chi connectivity index (χ3v) is 2.89. The lowest BCUT2D eigenvalue weighted by molar-refractivity contribution is -0.145. The van der Waals surface area contributed by atoms with E-state index in [1.54, 1.807) is 12.1 Å². The number of imide groups is 1. The maximum absolute atomic E-state index is 12.2. The second kappa shape index (κ2) is 5.51. The van der Waals surface area contributed by atoms with Crippen molar-refractivity contribution < 1.29 is 19.1 Å². The fraction of sp³-hybridized carbons (Fsp3) is 0.308. The standard InChI is InChI=1S/C13H14N2O4/c1-19-12(17)9-15-11(16)7-8-14(13(15)18)10-5-3-2-4-6-10/h2-6H,7-9H2,1H3. The Bertz CT molecular complexity index is 501. The summed E-state index contributed by atoms with van der Waals surface area (Å²) in [5, 5.41) is 0. The number of para-hydroxylation sites is 1. The van der Waals surface area contributed by atoms with Crippen LogP contribution in [0.1, 0.15) is 6.42 Å². The van der Waals surface area contributed by atoms with E-state index in [4.69, 9.17) is 0 Å². The Morgan fingerprint density at radius 3 is 2.58 bits per heavy atom. The summed E-state index contributed by atoms with van der Waals surface area (Å²) in [6.45, 7) is -0.0309. The SMILES string of the molecule is COC(=O)CN1C(=O)CCN(c2ccccc2)C1=O. The minimum absolute atomic E-state index is 0.192. The number of ether oxygens (including phenoxy) is 1. The first-order valence-corrected chi connectivity index (χ1v) is 5.87. The number of anilines is 1. The quantitative estimate of drug-likeness (QED) is 0.763. The van der Waals surface area contributed by atoms with Gasteiger partial charge in [0.15, 0.2) is 0 Å². The Labute approximate surface area is 110 Å². The molecule has 0 bridgehead atoms. The Hall–Kier alpha value is -2.37. The summed E-state index contributed by atoms with van der Waals surface area (Å²) < 4.78 is 4.49. The van der Waals surface area contributed by atoms with E-state index < -0.39 is 12.0 Å². The van der Waals surface area contributed by atoms with Crippen molar-refractivity contribution in [1.29, 1.82) is 0 Å². The molecule has 0 unspecified atom stereocenters. The number of urea groups is 1. The highest BCUT2D eigenvalue weighted by Crippen LogP contribution is 2.20. The molecule has 2 rings (SSSR count). The van der Waals surface area contributed by atoms with Crippen LogP contribution in [0.25, 0.3) is 0 Å². The molecule has 1 saturated heterocycles. The fourth-order valence-corrected chi connectivity index (χ4v) is 1.89. The fourth-order valence-electron chi connectivity index (χ4n) is 1.89. The van der Waals surface area contributed by atoms with Crippen molar-refractivity contribution in [2.75, 3.05) is 25.1 Å². The normalized spacial score (nSPS) is 15.6. The molecule has 1 aliphatic rings. The molecule has 19 heavy (non-hydrogen) atoms. The summed E-state index contributed by atoms with van der Waals surface area (Å²) in [7, 11) is 1.22. The molecule has 1 aliphatic heterocycles. The lowest BCUT2D eigenvalue weighted by atomic mass is 10.2. The van der Waals surface area contributed by atoms with Crippen molar-refractivity contribution in [3.05, 3.63) is 30.3 Å². The number of nitrogens with zero attached hydrogens (tertiary/aromatic N) is 2. The van der Waals surface area contributed by atoms with Gasteiger partial charge in [-0.05, 0) is 12.1 Å². The zero-order valence-electron chi connectivity index (χ0n) is 10.5. The van der Waals surface area contributed by atoms with Gasteiger partial charge in [-0.3, -0.25) is 19.4 Å². The van der Waals surface area contributed by atoms with E-state index in [9.17, 15) is 14.4 Å². The van der Waals surface area contributed by atoms with Crippen LogP contribution in [0.3, 0.4) is 0 Å². The van der Waals surface area contributed by atoms with Crippen molar-refractivity contribution in [2.45, 2.75) is 6.42 Å². The number of benzene rings is 1. The van der Waals surface area contributed by atoms with Gasteiger partial charge in [-0.1, -0.05) is 18.2 Å². The molecule has 1 aromatic carbocycles. The number of carbonyl (C=O) groups excluding carboxylic acids is 3. The largest absolute Gasteiger partial charge is 0.468 e. The molecule has 1 heterocycles. The molecular formula is C13H14N2O4. The molecule has 3 amide bonds. The maximum Gasteiger partial charge on any atom is 0.331 e. The number of hydrogen-bond acceptors (Lipinski definition) is 4. The van der Waals surface area contributed by atoms with Crippen molar-refractivity contribution in [1.82, 2.24) is 4.90 Å². The van der Waals surface area contributed by atoms with Gasteiger partial charge in [0, 0.05) is 18.7 Å². The van der Waals surface area contributed by atoms with Crippen LogP contribution in [0.2, 0.25) is 0 Å². The molecule has 0 aliphatic carbocycles. The summed E-state index contributed by atoms with van der Waals surface area (Å²) >= 11 is 0. The summed E-state index contributed by atoms with van der Waals surface area (Å²) in [5.74, 6) is -0.973. The lowest BCUT2D eigenvalue weighted by Gasteiger charge is -2.33. The highest BCUT2D eigenvalue weighted by atomic mass is 16.5. The smallest absolute Gasteiger partial charge is 0.331 e. The van der Waals surface area contributed by atoms with E-state index in [1.165, 1.54) is 12.0 Å². The third-order valence-electron chi connectivity index (χ3n) is 2.89. The minimum Gasteiger partial charge on any atom is -0.468 e. The Morgan fingerprint density at radius 2 is 1.95 bits per heavy atom. The number of amides is 3. The maximum atomic E-state index is 12.2. The van der Waals surface area contributed by atoms with E-state index in [0.29, 0.717) is 12.2 Å². The van der Waals surface area contributed by atoms with Gasteiger partial charge in [-0.25, -0.2) is 4.79 Å². The van der Waals surface area contributed by atoms with Crippen molar-refractivity contribution in [3.63, 3.8) is 0 Å². The molecule has 100 valence electrons. The molecule has 0 N–H and O–H groups in total. The van der Waals surface area contributed by atoms with E-state index >= 15 is 0 Å². The lowest BCUT2D eigenvalue weighted by Crippen LogP contribution is -2.54. The first-order valence-electron chi connectivity index (χ1n) is 5.87. The van der Waals surface area contributed by atoms with E-state index in [0.717, 1.165) is 4.90 Å². The number of rotatable bonds is 3.